The predicted octanol–water partition coefficient (Wildman–Crippen LogP) is 3.01. The van der Waals surface area contributed by atoms with E-state index in [9.17, 15) is 10.1 Å². The van der Waals surface area contributed by atoms with Crippen LogP contribution in [0, 0.1) is 27.4 Å². The number of non-ortho nitro benzene ring substituents is 1. The maximum absolute atomic E-state index is 10.9. The Bertz CT molecular complexity index is 525. The second-order valence-corrected chi connectivity index (χ2v) is 5.25. The van der Waals surface area contributed by atoms with E-state index in [0.29, 0.717) is 13.1 Å². The van der Waals surface area contributed by atoms with Gasteiger partial charge >= 0.3 is 0 Å². The smallest absolute Gasteiger partial charge is 0.269 e. The van der Waals surface area contributed by atoms with Gasteiger partial charge in [-0.25, -0.2) is 0 Å². The largest absolute Gasteiger partial charge is 0.385 e. The van der Waals surface area contributed by atoms with Crippen LogP contribution in [0.1, 0.15) is 25.8 Å². The molecule has 1 aromatic carbocycles. The molecule has 0 heterocycles. The Morgan fingerprint density at radius 2 is 2.24 bits per heavy atom. The zero-order valence-corrected chi connectivity index (χ0v) is 12.8. The lowest BCUT2D eigenvalue weighted by Crippen LogP contribution is -2.24. The molecule has 0 aliphatic carbocycles. The molecule has 1 aromatic rings. The monoisotopic (exact) mass is 290 g/mol. The van der Waals surface area contributed by atoms with Crippen molar-refractivity contribution in [2.45, 2.75) is 26.8 Å². The third-order valence-corrected chi connectivity index (χ3v) is 3.11. The van der Waals surface area contributed by atoms with E-state index >= 15 is 0 Å². The molecule has 114 valence electrons. The minimum Gasteiger partial charge on any atom is -0.385 e. The molecule has 0 bridgehead atoms. The molecule has 6 nitrogen and oxygen atoms in total. The van der Waals surface area contributed by atoms with Crippen LogP contribution >= 0.6 is 0 Å². The van der Waals surface area contributed by atoms with Gasteiger partial charge < -0.3 is 10.2 Å². The fourth-order valence-corrected chi connectivity index (χ4v) is 2.12. The summed E-state index contributed by atoms with van der Waals surface area (Å²) in [4.78, 5) is 12.5. The molecule has 6 heteroatoms. The normalized spacial score (nSPS) is 12.0. The molecule has 0 aliphatic heterocycles. The van der Waals surface area contributed by atoms with Crippen LogP contribution in [0.3, 0.4) is 0 Å². The lowest BCUT2D eigenvalue weighted by atomic mass is 10.1. The molecule has 0 radical (unpaired) electrons. The molecule has 0 saturated heterocycles. The summed E-state index contributed by atoms with van der Waals surface area (Å²) in [5, 5.41) is 23.1. The summed E-state index contributed by atoms with van der Waals surface area (Å²) < 4.78 is 0. The number of nitriles is 1. The minimum absolute atomic E-state index is 0.0688. The van der Waals surface area contributed by atoms with Crippen LogP contribution in [0.2, 0.25) is 0 Å². The van der Waals surface area contributed by atoms with Gasteiger partial charge in [-0.15, -0.1) is 0 Å². The number of hydrogen-bond acceptors (Lipinski definition) is 5. The van der Waals surface area contributed by atoms with Gasteiger partial charge in [0.15, 0.2) is 0 Å². The number of rotatable bonds is 8. The summed E-state index contributed by atoms with van der Waals surface area (Å²) in [5.74, 6) is -0.0688. The van der Waals surface area contributed by atoms with E-state index in [4.69, 9.17) is 5.26 Å². The van der Waals surface area contributed by atoms with Gasteiger partial charge in [0, 0.05) is 37.5 Å². The van der Waals surface area contributed by atoms with Crippen molar-refractivity contribution < 1.29 is 4.92 Å². The van der Waals surface area contributed by atoms with E-state index in [1.807, 2.05) is 18.9 Å². The summed E-state index contributed by atoms with van der Waals surface area (Å²) in [6, 6.07) is 7.07. The fourth-order valence-electron chi connectivity index (χ4n) is 2.12. The van der Waals surface area contributed by atoms with Crippen LogP contribution in [-0.2, 0) is 6.54 Å². The first-order chi connectivity index (χ1) is 9.97. The van der Waals surface area contributed by atoms with Gasteiger partial charge in [0.1, 0.15) is 0 Å². The molecule has 1 N–H and O–H groups in total. The van der Waals surface area contributed by atoms with Gasteiger partial charge in [0.25, 0.3) is 5.69 Å². The lowest BCUT2D eigenvalue weighted by Gasteiger charge is -2.20. The molecule has 0 spiro atoms. The zero-order valence-electron chi connectivity index (χ0n) is 12.8. The topological polar surface area (TPSA) is 82.2 Å². The van der Waals surface area contributed by atoms with Crippen LogP contribution in [0.5, 0.6) is 0 Å². The van der Waals surface area contributed by atoms with Crippen molar-refractivity contribution >= 4 is 11.4 Å². The highest BCUT2D eigenvalue weighted by Gasteiger charge is 2.13. The van der Waals surface area contributed by atoms with Crippen LogP contribution < -0.4 is 5.32 Å². The molecule has 0 fully saturated rings. The van der Waals surface area contributed by atoms with Gasteiger partial charge in [-0.3, -0.25) is 10.1 Å². The summed E-state index contributed by atoms with van der Waals surface area (Å²) in [6.07, 6.45) is 0.984. The van der Waals surface area contributed by atoms with E-state index in [-0.39, 0.29) is 16.5 Å². The highest BCUT2D eigenvalue weighted by atomic mass is 16.6. The Balaban J connectivity index is 2.91. The molecule has 1 rings (SSSR count). The standard InChI is InChI=1S/C15H22N4O2/c1-4-7-17-15-6-5-14(19(20)21)8-13(15)11-18(3)10-12(2)9-16/h5-6,8,12,17H,4,7,10-11H2,1-3H3. The minimum atomic E-state index is -0.384. The predicted molar refractivity (Wildman–Crippen MR) is 83.0 cm³/mol. The number of nitrogens with zero attached hydrogens (tertiary/aromatic N) is 3. The summed E-state index contributed by atoms with van der Waals surface area (Å²) in [5.41, 5.74) is 1.89. The zero-order chi connectivity index (χ0) is 15.8. The molecular weight excluding hydrogens is 268 g/mol. The Kier molecular flexibility index (Phi) is 6.63. The molecular formula is C15H22N4O2. The van der Waals surface area contributed by atoms with Crippen LogP contribution in [-0.4, -0.2) is 30.0 Å². The van der Waals surface area contributed by atoms with Gasteiger partial charge in [0.05, 0.1) is 16.9 Å². The molecule has 21 heavy (non-hydrogen) atoms. The Morgan fingerprint density at radius 3 is 2.81 bits per heavy atom. The van der Waals surface area contributed by atoms with E-state index < -0.39 is 0 Å². The van der Waals surface area contributed by atoms with E-state index in [0.717, 1.165) is 24.2 Å². The van der Waals surface area contributed by atoms with E-state index in [1.54, 1.807) is 12.1 Å². The Hall–Kier alpha value is -2.13. The maximum atomic E-state index is 10.9. The van der Waals surface area contributed by atoms with Gasteiger partial charge in [0.2, 0.25) is 0 Å². The first kappa shape index (κ1) is 16.9. The van der Waals surface area contributed by atoms with Gasteiger partial charge in [-0.2, -0.15) is 5.26 Å². The van der Waals surface area contributed by atoms with Crippen LogP contribution in [0.25, 0.3) is 0 Å². The lowest BCUT2D eigenvalue weighted by molar-refractivity contribution is -0.384. The molecule has 0 aliphatic rings. The van der Waals surface area contributed by atoms with Crippen molar-refractivity contribution in [1.82, 2.24) is 4.90 Å². The van der Waals surface area contributed by atoms with E-state index in [1.165, 1.54) is 6.07 Å². The quantitative estimate of drug-likeness (QED) is 0.588. The van der Waals surface area contributed by atoms with Gasteiger partial charge in [-0.05, 0) is 32.0 Å². The number of nitro groups is 1. The molecule has 0 amide bonds. The summed E-state index contributed by atoms with van der Waals surface area (Å²) in [7, 11) is 1.91. The first-order valence-electron chi connectivity index (χ1n) is 7.07. The number of anilines is 1. The first-order valence-corrected chi connectivity index (χ1v) is 7.07. The second kappa shape index (κ2) is 8.22. The van der Waals surface area contributed by atoms with Crippen molar-refractivity contribution in [3.63, 3.8) is 0 Å². The number of nitro benzene ring substituents is 1. The third-order valence-electron chi connectivity index (χ3n) is 3.11. The summed E-state index contributed by atoms with van der Waals surface area (Å²) >= 11 is 0. The fraction of sp³-hybridized carbons (Fsp3) is 0.533. The number of benzene rings is 1. The van der Waals surface area contributed by atoms with Crippen LogP contribution in [0.4, 0.5) is 11.4 Å². The van der Waals surface area contributed by atoms with Crippen LogP contribution in [0.15, 0.2) is 18.2 Å². The average molecular weight is 290 g/mol. The third kappa shape index (κ3) is 5.40. The van der Waals surface area contributed by atoms with Crippen molar-refractivity contribution in [3.05, 3.63) is 33.9 Å². The second-order valence-electron chi connectivity index (χ2n) is 5.25. The molecule has 0 saturated carbocycles. The molecule has 1 unspecified atom stereocenters. The van der Waals surface area contributed by atoms with Crippen molar-refractivity contribution in [2.75, 3.05) is 25.5 Å². The van der Waals surface area contributed by atoms with Crippen molar-refractivity contribution in [2.24, 2.45) is 5.92 Å². The molecule has 0 aromatic heterocycles. The maximum Gasteiger partial charge on any atom is 0.269 e. The number of nitrogens with one attached hydrogen (secondary N) is 1. The summed E-state index contributed by atoms with van der Waals surface area (Å²) in [6.45, 7) is 5.95. The highest BCUT2D eigenvalue weighted by Crippen LogP contribution is 2.23. The Labute approximate surface area is 125 Å². The van der Waals surface area contributed by atoms with E-state index in [2.05, 4.69) is 18.3 Å². The highest BCUT2D eigenvalue weighted by molar-refractivity contribution is 5.56. The average Bonchev–Trinajstić information content (AvgIpc) is 2.45. The van der Waals surface area contributed by atoms with Crippen molar-refractivity contribution in [3.8, 4) is 6.07 Å². The SMILES string of the molecule is CCCNc1ccc([N+](=O)[O-])cc1CN(C)CC(C)C#N. The Morgan fingerprint density at radius 1 is 1.52 bits per heavy atom. The van der Waals surface area contributed by atoms with Crippen molar-refractivity contribution in [1.29, 1.82) is 5.26 Å². The molecule has 1 atom stereocenters. The number of hydrogen-bond donors (Lipinski definition) is 1. The van der Waals surface area contributed by atoms with Gasteiger partial charge in [-0.1, -0.05) is 6.92 Å².